The van der Waals surface area contributed by atoms with Crippen LogP contribution in [0.25, 0.3) is 0 Å². The van der Waals surface area contributed by atoms with Crippen molar-refractivity contribution < 1.29 is 23.8 Å². The summed E-state index contributed by atoms with van der Waals surface area (Å²) in [5.41, 5.74) is 1.86. The van der Waals surface area contributed by atoms with Crippen molar-refractivity contribution in [1.29, 1.82) is 0 Å². The Morgan fingerprint density at radius 1 is 0.826 bits per heavy atom. The van der Waals surface area contributed by atoms with Crippen molar-refractivity contribution >= 4 is 11.9 Å². The summed E-state index contributed by atoms with van der Waals surface area (Å²) in [6, 6.07) is 19.2. The van der Waals surface area contributed by atoms with E-state index in [0.717, 1.165) is 11.1 Å². The predicted molar refractivity (Wildman–Crippen MR) is 83.7 cm³/mol. The van der Waals surface area contributed by atoms with Gasteiger partial charge in [0.15, 0.2) is 6.61 Å². The fraction of sp³-hybridized carbons (Fsp3) is 0.222. The van der Waals surface area contributed by atoms with Crippen LogP contribution in [0.2, 0.25) is 0 Å². The lowest BCUT2D eigenvalue weighted by atomic mass is 10.0. The smallest absolute Gasteiger partial charge is 0.344 e. The molecule has 0 aliphatic carbocycles. The highest BCUT2D eigenvalue weighted by molar-refractivity contribution is 5.76. The summed E-state index contributed by atoms with van der Waals surface area (Å²) in [6.07, 6.45) is -0.386. The van der Waals surface area contributed by atoms with Crippen LogP contribution < -0.4 is 0 Å². The van der Waals surface area contributed by atoms with Gasteiger partial charge in [0.05, 0.1) is 7.11 Å². The molecule has 2 aromatic carbocycles. The van der Waals surface area contributed by atoms with Gasteiger partial charge in [-0.05, 0) is 11.1 Å². The molecule has 23 heavy (non-hydrogen) atoms. The molecule has 0 aliphatic rings. The van der Waals surface area contributed by atoms with Crippen molar-refractivity contribution in [2.75, 3.05) is 20.3 Å². The molecule has 0 amide bonds. The maximum absolute atomic E-state index is 11.7. The summed E-state index contributed by atoms with van der Waals surface area (Å²) in [4.78, 5) is 22.6. The van der Waals surface area contributed by atoms with Gasteiger partial charge in [0.25, 0.3) is 0 Å². The van der Waals surface area contributed by atoms with E-state index in [4.69, 9.17) is 9.47 Å². The highest BCUT2D eigenvalue weighted by Crippen LogP contribution is 2.25. The van der Waals surface area contributed by atoms with Crippen molar-refractivity contribution in [1.82, 2.24) is 0 Å². The molecule has 0 radical (unpaired) electrons. The topological polar surface area (TPSA) is 61.8 Å². The zero-order valence-electron chi connectivity index (χ0n) is 12.8. The van der Waals surface area contributed by atoms with Crippen LogP contribution in [0, 0.1) is 0 Å². The van der Waals surface area contributed by atoms with Crippen molar-refractivity contribution in [3.05, 3.63) is 71.8 Å². The van der Waals surface area contributed by atoms with Gasteiger partial charge in [0.2, 0.25) is 0 Å². The van der Waals surface area contributed by atoms with Crippen LogP contribution in [-0.4, -0.2) is 32.3 Å². The highest BCUT2D eigenvalue weighted by Gasteiger charge is 2.17. The van der Waals surface area contributed by atoms with Gasteiger partial charge < -0.3 is 14.2 Å². The van der Waals surface area contributed by atoms with E-state index in [1.54, 1.807) is 0 Å². The third-order valence-electron chi connectivity index (χ3n) is 3.15. The van der Waals surface area contributed by atoms with Crippen LogP contribution >= 0.6 is 0 Å². The number of carbonyl (C=O) groups excluding carboxylic acids is 2. The molecule has 0 spiro atoms. The molecule has 0 aromatic heterocycles. The molecule has 0 fully saturated rings. The Morgan fingerprint density at radius 3 is 1.83 bits per heavy atom. The van der Waals surface area contributed by atoms with Gasteiger partial charge in [-0.3, -0.25) is 0 Å². The number of rotatable bonds is 7. The van der Waals surface area contributed by atoms with Gasteiger partial charge in [0, 0.05) is 0 Å². The zero-order chi connectivity index (χ0) is 16.5. The molecule has 0 unspecified atom stereocenters. The van der Waals surface area contributed by atoms with Gasteiger partial charge in [-0.1, -0.05) is 60.7 Å². The third kappa shape index (κ3) is 5.23. The first-order chi connectivity index (χ1) is 11.2. The van der Waals surface area contributed by atoms with E-state index in [9.17, 15) is 9.59 Å². The molecule has 0 aliphatic heterocycles. The molecule has 0 saturated carbocycles. The quantitative estimate of drug-likeness (QED) is 0.735. The molecule has 0 atom stereocenters. The van der Waals surface area contributed by atoms with Gasteiger partial charge in [-0.25, -0.2) is 9.59 Å². The lowest BCUT2D eigenvalue weighted by molar-refractivity contribution is -0.160. The van der Waals surface area contributed by atoms with E-state index in [1.807, 2.05) is 60.7 Å². The Kier molecular flexibility index (Phi) is 6.32. The minimum atomic E-state index is -0.618. The molecule has 2 rings (SSSR count). The minimum absolute atomic E-state index is 0.258. The SMILES string of the molecule is COC(=O)COC(=O)COC(c1ccccc1)c1ccccc1. The lowest BCUT2D eigenvalue weighted by Gasteiger charge is -2.18. The predicted octanol–water partition coefficient (Wildman–Crippen LogP) is 2.51. The van der Waals surface area contributed by atoms with E-state index in [2.05, 4.69) is 4.74 Å². The van der Waals surface area contributed by atoms with Crippen LogP contribution in [-0.2, 0) is 23.8 Å². The van der Waals surface area contributed by atoms with E-state index in [1.165, 1.54) is 7.11 Å². The molecule has 5 heteroatoms. The van der Waals surface area contributed by atoms with E-state index in [0.29, 0.717) is 0 Å². The van der Waals surface area contributed by atoms with Crippen molar-refractivity contribution in [2.45, 2.75) is 6.10 Å². The van der Waals surface area contributed by atoms with Crippen LogP contribution in [0.1, 0.15) is 17.2 Å². The summed E-state index contributed by atoms with van der Waals surface area (Å²) in [5, 5.41) is 0. The molecule has 120 valence electrons. The van der Waals surface area contributed by atoms with Gasteiger partial charge in [-0.15, -0.1) is 0 Å². The van der Waals surface area contributed by atoms with E-state index >= 15 is 0 Å². The summed E-state index contributed by atoms with van der Waals surface area (Å²) in [6.45, 7) is -0.675. The van der Waals surface area contributed by atoms with Crippen LogP contribution in [0.3, 0.4) is 0 Å². The first kappa shape index (κ1) is 16.7. The number of hydrogen-bond donors (Lipinski definition) is 0. The van der Waals surface area contributed by atoms with Crippen molar-refractivity contribution in [3.8, 4) is 0 Å². The van der Waals surface area contributed by atoms with Crippen molar-refractivity contribution in [2.24, 2.45) is 0 Å². The molecule has 0 heterocycles. The Morgan fingerprint density at radius 2 is 1.35 bits per heavy atom. The zero-order valence-corrected chi connectivity index (χ0v) is 12.8. The minimum Gasteiger partial charge on any atom is -0.466 e. The second kappa shape index (κ2) is 8.70. The fourth-order valence-electron chi connectivity index (χ4n) is 2.03. The third-order valence-corrected chi connectivity index (χ3v) is 3.15. The standard InChI is InChI=1S/C18H18O5/c1-21-16(19)12-22-17(20)13-23-18(14-8-4-2-5-9-14)15-10-6-3-7-11-15/h2-11,18H,12-13H2,1H3. The van der Waals surface area contributed by atoms with Gasteiger partial charge >= 0.3 is 11.9 Å². The van der Waals surface area contributed by atoms with Crippen LogP contribution in [0.15, 0.2) is 60.7 Å². The Bertz CT molecular complexity index is 585. The lowest BCUT2D eigenvalue weighted by Crippen LogP contribution is -2.20. The molecular formula is C18H18O5. The number of carbonyl (C=O) groups is 2. The average molecular weight is 314 g/mol. The Balaban J connectivity index is 2.02. The molecule has 0 saturated heterocycles. The highest BCUT2D eigenvalue weighted by atomic mass is 16.6. The average Bonchev–Trinajstić information content (AvgIpc) is 2.61. The number of ether oxygens (including phenoxy) is 3. The number of benzene rings is 2. The van der Waals surface area contributed by atoms with E-state index < -0.39 is 18.5 Å². The van der Waals surface area contributed by atoms with Crippen LogP contribution in [0.5, 0.6) is 0 Å². The number of hydrogen-bond acceptors (Lipinski definition) is 5. The van der Waals surface area contributed by atoms with E-state index in [-0.39, 0.29) is 12.7 Å². The van der Waals surface area contributed by atoms with Crippen LogP contribution in [0.4, 0.5) is 0 Å². The largest absolute Gasteiger partial charge is 0.466 e. The van der Waals surface area contributed by atoms with Crippen molar-refractivity contribution in [3.63, 3.8) is 0 Å². The fourth-order valence-corrected chi connectivity index (χ4v) is 2.03. The molecule has 2 aromatic rings. The second-order valence-electron chi connectivity index (χ2n) is 4.75. The van der Waals surface area contributed by atoms with Gasteiger partial charge in [0.1, 0.15) is 12.7 Å². The normalized spacial score (nSPS) is 10.3. The monoisotopic (exact) mass is 314 g/mol. The Hall–Kier alpha value is -2.66. The maximum Gasteiger partial charge on any atom is 0.344 e. The summed E-state index contributed by atoms with van der Waals surface area (Å²) in [5.74, 6) is -1.23. The first-order valence-corrected chi connectivity index (χ1v) is 7.14. The maximum atomic E-state index is 11.7. The molecule has 0 bridgehead atoms. The summed E-state index contributed by atoms with van der Waals surface area (Å²) in [7, 11) is 1.23. The second-order valence-corrected chi connectivity index (χ2v) is 4.75. The number of esters is 2. The molecule has 0 N–H and O–H groups in total. The van der Waals surface area contributed by atoms with Gasteiger partial charge in [-0.2, -0.15) is 0 Å². The molecular weight excluding hydrogens is 296 g/mol. The molecule has 5 nitrogen and oxygen atoms in total. The Labute approximate surface area is 134 Å². The number of methoxy groups -OCH3 is 1. The summed E-state index contributed by atoms with van der Waals surface area (Å²) >= 11 is 0. The first-order valence-electron chi connectivity index (χ1n) is 7.14. The summed E-state index contributed by atoms with van der Waals surface area (Å²) < 4.78 is 14.9.